The largest absolute Gasteiger partial charge is 0.364 e. The van der Waals surface area contributed by atoms with Crippen LogP contribution < -0.4 is 0 Å². The highest BCUT2D eigenvalue weighted by molar-refractivity contribution is 9.10. The Kier molecular flexibility index (Phi) is 5.63. The van der Waals surface area contributed by atoms with Gasteiger partial charge >= 0.3 is 0 Å². The maximum absolute atomic E-state index is 13.2. The van der Waals surface area contributed by atoms with Gasteiger partial charge < -0.3 is 9.67 Å². The highest BCUT2D eigenvalue weighted by atomic mass is 79.9. The molecule has 0 fully saturated rings. The van der Waals surface area contributed by atoms with Crippen molar-refractivity contribution in [2.75, 3.05) is 5.75 Å². The van der Waals surface area contributed by atoms with Crippen molar-refractivity contribution in [2.45, 2.75) is 30.7 Å². The molecule has 1 unspecified atom stereocenters. The first-order valence-corrected chi connectivity index (χ1v) is 9.66. The molecule has 0 aliphatic carbocycles. The molecule has 27 heavy (non-hydrogen) atoms. The van der Waals surface area contributed by atoms with Gasteiger partial charge in [-0.15, -0.1) is 10.2 Å². The first kappa shape index (κ1) is 19.9. The fourth-order valence-corrected chi connectivity index (χ4v) is 3.68. The molecule has 144 valence electrons. The van der Waals surface area contributed by atoms with Crippen molar-refractivity contribution in [2.24, 2.45) is 12.1 Å². The van der Waals surface area contributed by atoms with Crippen LogP contribution in [0, 0.1) is 0 Å². The Bertz CT molecular complexity index is 889. The molecule has 0 saturated carbocycles. The second-order valence-corrected chi connectivity index (χ2v) is 7.92. The highest BCUT2D eigenvalue weighted by Gasteiger charge is 2.50. The third kappa shape index (κ3) is 3.90. The maximum Gasteiger partial charge on any atom is 0.287 e. The second-order valence-electron chi connectivity index (χ2n) is 6.06. The predicted molar refractivity (Wildman–Crippen MR) is 100 cm³/mol. The van der Waals surface area contributed by atoms with Gasteiger partial charge in [0.2, 0.25) is 5.72 Å². The van der Waals surface area contributed by atoms with Crippen LogP contribution in [0.25, 0.3) is 11.4 Å². The Morgan fingerprint density at radius 2 is 2.04 bits per heavy atom. The fraction of sp³-hybridized carbons (Fsp3) is 0.375. The number of carbonyl (C=O) groups excluding carboxylic acids is 1. The first-order valence-electron chi connectivity index (χ1n) is 7.88. The monoisotopic (exact) mass is 459 g/mol. The number of amides is 1. The SMILES string of the molecule is CC1=NN(C(=O)CSc2nnc(-c3ccc(Br)cc3)n2C)C(O)(C(F)F)C1. The topological polar surface area (TPSA) is 83.6 Å². The zero-order valence-electron chi connectivity index (χ0n) is 14.4. The van der Waals surface area contributed by atoms with Crippen LogP contribution in [-0.2, 0) is 11.8 Å². The lowest BCUT2D eigenvalue weighted by molar-refractivity contribution is -0.190. The number of rotatable bonds is 5. The molecule has 1 aromatic heterocycles. The standard InChI is InChI=1S/C16H16BrF2N5O2S/c1-9-7-16(26,14(18)19)24(22-9)12(25)8-27-15-21-20-13(23(15)2)10-3-5-11(17)6-4-10/h3-6,14,26H,7-8H2,1-2H3. The number of alkyl halides is 2. The number of carbonyl (C=O) groups is 1. The number of aliphatic hydroxyl groups is 1. The van der Waals surface area contributed by atoms with Crippen LogP contribution in [0.3, 0.4) is 0 Å². The molecule has 0 spiro atoms. The van der Waals surface area contributed by atoms with Gasteiger partial charge in [0.05, 0.1) is 5.75 Å². The van der Waals surface area contributed by atoms with Crippen molar-refractivity contribution in [3.05, 3.63) is 28.7 Å². The summed E-state index contributed by atoms with van der Waals surface area (Å²) in [4.78, 5) is 12.4. The molecule has 1 aliphatic rings. The van der Waals surface area contributed by atoms with E-state index < -0.39 is 18.1 Å². The lowest BCUT2D eigenvalue weighted by atomic mass is 10.1. The van der Waals surface area contributed by atoms with Crippen LogP contribution in [0.2, 0.25) is 0 Å². The summed E-state index contributed by atoms with van der Waals surface area (Å²) in [5.74, 6) is -0.331. The van der Waals surface area contributed by atoms with Crippen LogP contribution in [0.4, 0.5) is 8.78 Å². The number of halogens is 3. The van der Waals surface area contributed by atoms with Crippen molar-refractivity contribution in [1.29, 1.82) is 0 Å². The van der Waals surface area contributed by atoms with Crippen LogP contribution in [-0.4, -0.2) is 54.4 Å². The summed E-state index contributed by atoms with van der Waals surface area (Å²) in [6.07, 6.45) is -3.50. The number of thioether (sulfide) groups is 1. The lowest BCUT2D eigenvalue weighted by Gasteiger charge is -2.29. The molecule has 1 amide bonds. The van der Waals surface area contributed by atoms with Gasteiger partial charge in [-0.2, -0.15) is 10.1 Å². The van der Waals surface area contributed by atoms with Crippen LogP contribution >= 0.6 is 27.7 Å². The Morgan fingerprint density at radius 3 is 2.67 bits per heavy atom. The fourth-order valence-electron chi connectivity index (χ4n) is 2.66. The molecule has 1 aromatic carbocycles. The molecule has 1 aliphatic heterocycles. The summed E-state index contributed by atoms with van der Waals surface area (Å²) in [6.45, 7) is 1.49. The van der Waals surface area contributed by atoms with E-state index in [1.165, 1.54) is 6.92 Å². The molecular formula is C16H16BrF2N5O2S. The average Bonchev–Trinajstić information content (AvgIpc) is 3.14. The van der Waals surface area contributed by atoms with Gasteiger partial charge in [0.1, 0.15) is 0 Å². The summed E-state index contributed by atoms with van der Waals surface area (Å²) < 4.78 is 29.0. The summed E-state index contributed by atoms with van der Waals surface area (Å²) in [6, 6.07) is 7.49. The Balaban J connectivity index is 1.72. The molecule has 1 atom stereocenters. The minimum atomic E-state index is -3.12. The number of hydrogen-bond acceptors (Lipinski definition) is 6. The first-order chi connectivity index (χ1) is 12.7. The Labute approximate surface area is 166 Å². The van der Waals surface area contributed by atoms with E-state index in [0.29, 0.717) is 16.0 Å². The van der Waals surface area contributed by atoms with Gasteiger partial charge in [-0.1, -0.05) is 39.8 Å². The van der Waals surface area contributed by atoms with E-state index in [2.05, 4.69) is 31.2 Å². The van der Waals surface area contributed by atoms with Crippen molar-refractivity contribution in [1.82, 2.24) is 19.8 Å². The number of hydrazone groups is 1. The molecule has 11 heteroatoms. The minimum absolute atomic E-state index is 0.210. The van der Waals surface area contributed by atoms with Gasteiger partial charge in [-0.3, -0.25) is 4.79 Å². The number of aromatic nitrogens is 3. The van der Waals surface area contributed by atoms with E-state index in [9.17, 15) is 18.7 Å². The zero-order valence-corrected chi connectivity index (χ0v) is 16.8. The van der Waals surface area contributed by atoms with E-state index in [4.69, 9.17) is 0 Å². The highest BCUT2D eigenvalue weighted by Crippen LogP contribution is 2.32. The molecule has 1 N–H and O–H groups in total. The second kappa shape index (κ2) is 7.64. The van der Waals surface area contributed by atoms with Crippen molar-refractivity contribution < 1.29 is 18.7 Å². The molecule has 7 nitrogen and oxygen atoms in total. The Morgan fingerprint density at radius 1 is 1.37 bits per heavy atom. The van der Waals surface area contributed by atoms with E-state index in [-0.39, 0.29) is 17.9 Å². The van der Waals surface area contributed by atoms with Crippen molar-refractivity contribution in [3.63, 3.8) is 0 Å². The van der Waals surface area contributed by atoms with E-state index in [0.717, 1.165) is 21.8 Å². The van der Waals surface area contributed by atoms with Gasteiger partial charge in [0, 0.05) is 29.2 Å². The van der Waals surface area contributed by atoms with Gasteiger partial charge in [0.25, 0.3) is 12.3 Å². The van der Waals surface area contributed by atoms with E-state index >= 15 is 0 Å². The summed E-state index contributed by atoms with van der Waals surface area (Å²) in [5, 5.41) is 22.9. The number of nitrogens with zero attached hydrogens (tertiary/aromatic N) is 5. The third-order valence-corrected chi connectivity index (χ3v) is 5.53. The zero-order chi connectivity index (χ0) is 19.8. The van der Waals surface area contributed by atoms with Gasteiger partial charge in [-0.25, -0.2) is 8.78 Å². The minimum Gasteiger partial charge on any atom is -0.364 e. The molecule has 2 aromatic rings. The molecule has 0 bridgehead atoms. The molecular weight excluding hydrogens is 444 g/mol. The Hall–Kier alpha value is -1.85. The summed E-state index contributed by atoms with van der Waals surface area (Å²) >= 11 is 4.40. The van der Waals surface area contributed by atoms with Crippen molar-refractivity contribution >= 4 is 39.3 Å². The van der Waals surface area contributed by atoms with E-state index in [1.807, 2.05) is 24.3 Å². The van der Waals surface area contributed by atoms with Gasteiger partial charge in [0.15, 0.2) is 11.0 Å². The van der Waals surface area contributed by atoms with Crippen LogP contribution in [0.5, 0.6) is 0 Å². The van der Waals surface area contributed by atoms with Gasteiger partial charge in [-0.05, 0) is 19.1 Å². The smallest absolute Gasteiger partial charge is 0.287 e. The third-order valence-electron chi connectivity index (χ3n) is 4.00. The normalized spacial score (nSPS) is 19.7. The molecule has 0 saturated heterocycles. The lowest BCUT2D eigenvalue weighted by Crippen LogP contribution is -2.52. The quantitative estimate of drug-likeness (QED) is 0.694. The average molecular weight is 460 g/mol. The van der Waals surface area contributed by atoms with Crippen LogP contribution in [0.15, 0.2) is 39.0 Å². The maximum atomic E-state index is 13.2. The molecule has 0 radical (unpaired) electrons. The van der Waals surface area contributed by atoms with E-state index in [1.54, 1.807) is 11.6 Å². The number of hydrogen-bond donors (Lipinski definition) is 1. The van der Waals surface area contributed by atoms with Crippen molar-refractivity contribution in [3.8, 4) is 11.4 Å². The number of benzene rings is 1. The molecule has 2 heterocycles. The summed E-state index contributed by atoms with van der Waals surface area (Å²) in [7, 11) is 1.75. The molecule has 3 rings (SSSR count). The predicted octanol–water partition coefficient (Wildman–Crippen LogP) is 2.90. The summed E-state index contributed by atoms with van der Waals surface area (Å²) in [5.41, 5.74) is -1.48. The van der Waals surface area contributed by atoms with Crippen LogP contribution in [0.1, 0.15) is 13.3 Å².